The highest BCUT2D eigenvalue weighted by Crippen LogP contribution is 2.17. The zero-order valence-corrected chi connectivity index (χ0v) is 11.4. The lowest BCUT2D eigenvalue weighted by atomic mass is 10.3. The molecule has 0 aliphatic rings. The minimum absolute atomic E-state index is 0.647. The summed E-state index contributed by atoms with van der Waals surface area (Å²) in [4.78, 5) is 10.9. The third-order valence-corrected chi connectivity index (χ3v) is 3.35. The molecular weight excluding hydrogens is 246 g/mol. The number of thiophene rings is 1. The Hall–Kier alpha value is -1.66. The minimum Gasteiger partial charge on any atom is -0.355 e. The van der Waals surface area contributed by atoms with Crippen molar-refractivity contribution in [3.05, 3.63) is 34.3 Å². The first-order valence-corrected chi connectivity index (χ1v) is 6.74. The van der Waals surface area contributed by atoms with Crippen molar-refractivity contribution in [2.24, 2.45) is 5.84 Å². The smallest absolute Gasteiger partial charge is 0.145 e. The predicted molar refractivity (Wildman–Crippen MR) is 75.6 cm³/mol. The van der Waals surface area contributed by atoms with Crippen LogP contribution in [-0.2, 0) is 13.0 Å². The number of hydrazine groups is 1. The highest BCUT2D eigenvalue weighted by molar-refractivity contribution is 7.07. The number of aryl methyl sites for hydroxylation is 1. The maximum atomic E-state index is 5.42. The number of anilines is 2. The number of rotatable bonds is 5. The fraction of sp³-hybridized carbons (Fsp3) is 0.333. The quantitative estimate of drug-likeness (QED) is 0.638. The van der Waals surface area contributed by atoms with Crippen LogP contribution < -0.4 is 16.2 Å². The summed E-state index contributed by atoms with van der Waals surface area (Å²) in [6.07, 6.45) is 0.787. The molecule has 0 saturated heterocycles. The summed E-state index contributed by atoms with van der Waals surface area (Å²) < 4.78 is 0. The van der Waals surface area contributed by atoms with E-state index in [4.69, 9.17) is 5.84 Å². The van der Waals surface area contributed by atoms with E-state index in [0.717, 1.165) is 24.6 Å². The predicted octanol–water partition coefficient (Wildman–Crippen LogP) is 2.02. The summed E-state index contributed by atoms with van der Waals surface area (Å²) >= 11 is 1.70. The molecule has 0 aliphatic heterocycles. The number of hydrogen-bond acceptors (Lipinski definition) is 6. The van der Waals surface area contributed by atoms with E-state index < -0.39 is 0 Å². The Morgan fingerprint density at radius 2 is 2.28 bits per heavy atom. The largest absolute Gasteiger partial charge is 0.355 e. The van der Waals surface area contributed by atoms with Crippen LogP contribution in [0.25, 0.3) is 0 Å². The van der Waals surface area contributed by atoms with Crippen molar-refractivity contribution in [2.45, 2.75) is 19.9 Å². The Bertz CT molecular complexity index is 475. The summed E-state index contributed by atoms with van der Waals surface area (Å²) in [5.74, 6) is 7.73. The van der Waals surface area contributed by atoms with E-state index in [-0.39, 0.29) is 0 Å². The van der Waals surface area contributed by atoms with Gasteiger partial charge in [-0.2, -0.15) is 11.3 Å². The van der Waals surface area contributed by atoms with Gasteiger partial charge in [-0.05, 0) is 22.4 Å². The number of nitrogens with two attached hydrogens (primary N) is 1. The second-order valence-electron chi connectivity index (χ2n) is 4.01. The van der Waals surface area contributed by atoms with Crippen molar-refractivity contribution in [1.82, 2.24) is 9.97 Å². The first kappa shape index (κ1) is 12.8. The van der Waals surface area contributed by atoms with Gasteiger partial charge >= 0.3 is 0 Å². The SMILES string of the molecule is CCc1nc(NN)cc(N(C)Cc2ccsc2)n1. The molecule has 18 heavy (non-hydrogen) atoms. The zero-order valence-electron chi connectivity index (χ0n) is 10.6. The molecular formula is C12H17N5S. The molecule has 0 atom stereocenters. The molecule has 0 bridgehead atoms. The van der Waals surface area contributed by atoms with E-state index in [1.54, 1.807) is 11.3 Å². The molecule has 2 aromatic heterocycles. The second-order valence-corrected chi connectivity index (χ2v) is 4.79. The molecule has 5 nitrogen and oxygen atoms in total. The van der Waals surface area contributed by atoms with Gasteiger partial charge in [0.15, 0.2) is 0 Å². The number of nitrogen functional groups attached to an aromatic ring is 1. The third kappa shape index (κ3) is 2.96. The number of hydrogen-bond donors (Lipinski definition) is 2. The van der Waals surface area contributed by atoms with Gasteiger partial charge in [-0.15, -0.1) is 0 Å². The van der Waals surface area contributed by atoms with Gasteiger partial charge in [0.1, 0.15) is 17.5 Å². The van der Waals surface area contributed by atoms with Gasteiger partial charge in [-0.3, -0.25) is 0 Å². The fourth-order valence-electron chi connectivity index (χ4n) is 1.65. The Labute approximate surface area is 111 Å². The van der Waals surface area contributed by atoms with Crippen molar-refractivity contribution in [2.75, 3.05) is 17.4 Å². The maximum absolute atomic E-state index is 5.42. The van der Waals surface area contributed by atoms with Gasteiger partial charge in [0.2, 0.25) is 0 Å². The van der Waals surface area contributed by atoms with Gasteiger partial charge in [0.05, 0.1) is 0 Å². The fourth-order valence-corrected chi connectivity index (χ4v) is 2.31. The van der Waals surface area contributed by atoms with Crippen LogP contribution >= 0.6 is 11.3 Å². The van der Waals surface area contributed by atoms with Gasteiger partial charge in [-0.1, -0.05) is 6.92 Å². The average molecular weight is 263 g/mol. The Kier molecular flexibility index (Phi) is 4.11. The molecule has 0 saturated carbocycles. The summed E-state index contributed by atoms with van der Waals surface area (Å²) in [5.41, 5.74) is 3.86. The first-order chi connectivity index (χ1) is 8.72. The Morgan fingerprint density at radius 1 is 1.44 bits per heavy atom. The number of nitrogens with one attached hydrogen (secondary N) is 1. The summed E-state index contributed by atoms with van der Waals surface area (Å²) in [6, 6.07) is 3.97. The molecule has 3 N–H and O–H groups in total. The summed E-state index contributed by atoms with van der Waals surface area (Å²) in [6.45, 7) is 2.85. The Morgan fingerprint density at radius 3 is 2.89 bits per heavy atom. The van der Waals surface area contributed by atoms with Crippen LogP contribution in [0.1, 0.15) is 18.3 Å². The lowest BCUT2D eigenvalue weighted by Gasteiger charge is -2.18. The minimum atomic E-state index is 0.647. The van der Waals surface area contributed by atoms with Gasteiger partial charge in [-0.25, -0.2) is 15.8 Å². The standard InChI is InChI=1S/C12H17N5S/c1-3-10-14-11(16-13)6-12(15-10)17(2)7-9-4-5-18-8-9/h4-6,8H,3,7,13H2,1-2H3,(H,14,15,16). The van der Waals surface area contributed by atoms with Crippen LogP contribution in [0.5, 0.6) is 0 Å². The van der Waals surface area contributed by atoms with E-state index in [2.05, 4.69) is 37.1 Å². The lowest BCUT2D eigenvalue weighted by molar-refractivity contribution is 0.861. The van der Waals surface area contributed by atoms with Crippen LogP contribution in [0.3, 0.4) is 0 Å². The molecule has 0 unspecified atom stereocenters. The van der Waals surface area contributed by atoms with E-state index in [9.17, 15) is 0 Å². The number of aromatic nitrogens is 2. The van der Waals surface area contributed by atoms with E-state index in [1.807, 2.05) is 20.0 Å². The van der Waals surface area contributed by atoms with Crippen LogP contribution in [0.2, 0.25) is 0 Å². The molecule has 0 aliphatic carbocycles. The Balaban J connectivity index is 2.20. The van der Waals surface area contributed by atoms with Crippen molar-refractivity contribution in [1.29, 1.82) is 0 Å². The van der Waals surface area contributed by atoms with Gasteiger partial charge in [0, 0.05) is 26.1 Å². The molecule has 6 heteroatoms. The van der Waals surface area contributed by atoms with Crippen LogP contribution in [-0.4, -0.2) is 17.0 Å². The van der Waals surface area contributed by atoms with Crippen LogP contribution in [0.15, 0.2) is 22.9 Å². The highest BCUT2D eigenvalue weighted by Gasteiger charge is 2.08. The van der Waals surface area contributed by atoms with Crippen LogP contribution in [0.4, 0.5) is 11.6 Å². The topological polar surface area (TPSA) is 67.1 Å². The normalized spacial score (nSPS) is 10.4. The monoisotopic (exact) mass is 263 g/mol. The zero-order chi connectivity index (χ0) is 13.0. The average Bonchev–Trinajstić information content (AvgIpc) is 2.90. The van der Waals surface area contributed by atoms with Gasteiger partial charge < -0.3 is 10.3 Å². The summed E-state index contributed by atoms with van der Waals surface area (Å²) in [5, 5.41) is 4.22. The van der Waals surface area contributed by atoms with E-state index in [1.165, 1.54) is 5.56 Å². The molecule has 2 rings (SSSR count). The van der Waals surface area contributed by atoms with Crippen molar-refractivity contribution in [3.63, 3.8) is 0 Å². The first-order valence-electron chi connectivity index (χ1n) is 5.79. The van der Waals surface area contributed by atoms with E-state index in [0.29, 0.717) is 5.82 Å². The van der Waals surface area contributed by atoms with Gasteiger partial charge in [0.25, 0.3) is 0 Å². The highest BCUT2D eigenvalue weighted by atomic mass is 32.1. The third-order valence-electron chi connectivity index (χ3n) is 2.61. The summed E-state index contributed by atoms with van der Waals surface area (Å²) in [7, 11) is 2.01. The second kappa shape index (κ2) is 5.79. The van der Waals surface area contributed by atoms with Crippen molar-refractivity contribution < 1.29 is 0 Å². The molecule has 2 aromatic rings. The molecule has 96 valence electrons. The van der Waals surface area contributed by atoms with Crippen molar-refractivity contribution in [3.8, 4) is 0 Å². The number of nitrogens with zero attached hydrogens (tertiary/aromatic N) is 3. The molecule has 0 aromatic carbocycles. The molecule has 0 fully saturated rings. The van der Waals surface area contributed by atoms with E-state index >= 15 is 0 Å². The van der Waals surface area contributed by atoms with Crippen LogP contribution in [0, 0.1) is 0 Å². The lowest BCUT2D eigenvalue weighted by Crippen LogP contribution is -2.19. The molecule has 2 heterocycles. The molecule has 0 spiro atoms. The molecule has 0 radical (unpaired) electrons. The van der Waals surface area contributed by atoms with Crippen molar-refractivity contribution >= 4 is 23.0 Å². The maximum Gasteiger partial charge on any atom is 0.145 e. The molecule has 0 amide bonds.